The molecule has 6 nitrogen and oxygen atoms in total. The first-order chi connectivity index (χ1) is 13.0. The summed E-state index contributed by atoms with van der Waals surface area (Å²) in [4.78, 5) is 25.3. The quantitative estimate of drug-likeness (QED) is 0.688. The number of rotatable bonds is 8. The van der Waals surface area contributed by atoms with Crippen molar-refractivity contribution in [3.05, 3.63) is 23.8 Å². The van der Waals surface area contributed by atoms with E-state index in [1.54, 1.807) is 25.1 Å². The molecule has 150 valence electrons. The van der Waals surface area contributed by atoms with Gasteiger partial charge in [-0.15, -0.1) is 0 Å². The summed E-state index contributed by atoms with van der Waals surface area (Å²) in [6.07, 6.45) is 3.48. The van der Waals surface area contributed by atoms with Crippen LogP contribution in [0.2, 0.25) is 0 Å². The van der Waals surface area contributed by atoms with E-state index in [-0.39, 0.29) is 12.5 Å². The van der Waals surface area contributed by atoms with Crippen LogP contribution in [0.4, 0.5) is 5.69 Å². The molecule has 0 spiro atoms. The number of hydrogen-bond donors (Lipinski definition) is 1. The molecule has 1 aromatic rings. The van der Waals surface area contributed by atoms with Crippen molar-refractivity contribution in [1.29, 1.82) is 0 Å². The molecule has 0 bridgehead atoms. The zero-order valence-corrected chi connectivity index (χ0v) is 16.8. The van der Waals surface area contributed by atoms with Crippen LogP contribution in [0.15, 0.2) is 18.2 Å². The van der Waals surface area contributed by atoms with Crippen molar-refractivity contribution in [3.63, 3.8) is 0 Å². The fourth-order valence-electron chi connectivity index (χ4n) is 3.68. The van der Waals surface area contributed by atoms with Crippen molar-refractivity contribution < 1.29 is 23.8 Å². The molecule has 6 heteroatoms. The first kappa shape index (κ1) is 21.2. The summed E-state index contributed by atoms with van der Waals surface area (Å²) < 4.78 is 16.5. The van der Waals surface area contributed by atoms with Crippen LogP contribution < -0.4 is 10.1 Å². The van der Waals surface area contributed by atoms with Crippen molar-refractivity contribution in [2.45, 2.75) is 59.0 Å². The minimum atomic E-state index is -0.810. The van der Waals surface area contributed by atoms with E-state index in [0.29, 0.717) is 49.0 Å². The average molecular weight is 377 g/mol. The summed E-state index contributed by atoms with van der Waals surface area (Å²) in [6, 6.07) is 5.02. The fraction of sp³-hybridized carbons (Fsp3) is 0.619. The van der Waals surface area contributed by atoms with Gasteiger partial charge >= 0.3 is 5.97 Å². The molecule has 1 aliphatic carbocycles. The lowest BCUT2D eigenvalue weighted by atomic mass is 9.78. The molecule has 1 aliphatic rings. The van der Waals surface area contributed by atoms with Crippen molar-refractivity contribution in [3.8, 4) is 5.75 Å². The van der Waals surface area contributed by atoms with Crippen LogP contribution in [0.1, 0.15) is 63.7 Å². The Hall–Kier alpha value is -2.08. The molecule has 1 saturated carbocycles. The van der Waals surface area contributed by atoms with Gasteiger partial charge in [0, 0.05) is 12.3 Å². The summed E-state index contributed by atoms with van der Waals surface area (Å²) in [5.41, 5.74) is 0.0255. The van der Waals surface area contributed by atoms with Gasteiger partial charge in [0.05, 0.1) is 13.2 Å². The maximum Gasteiger partial charge on any atom is 0.341 e. The van der Waals surface area contributed by atoms with Crippen molar-refractivity contribution in [2.24, 2.45) is 5.92 Å². The van der Waals surface area contributed by atoms with Gasteiger partial charge in [0.25, 0.3) is 5.91 Å². The molecule has 27 heavy (non-hydrogen) atoms. The Kier molecular flexibility index (Phi) is 7.66. The molecule has 0 aliphatic heterocycles. The minimum Gasteiger partial charge on any atom is -0.493 e. The van der Waals surface area contributed by atoms with Gasteiger partial charge in [-0.3, -0.25) is 4.79 Å². The van der Waals surface area contributed by atoms with Crippen LogP contribution >= 0.6 is 0 Å². The second-order valence-corrected chi connectivity index (χ2v) is 6.95. The summed E-state index contributed by atoms with van der Waals surface area (Å²) in [5.74, 6) is 0.254. The molecule has 0 radical (unpaired) electrons. The Labute approximate surface area is 161 Å². The number of esters is 1. The maximum atomic E-state index is 13.1. The Bertz CT molecular complexity index is 656. The van der Waals surface area contributed by atoms with Gasteiger partial charge in [0.1, 0.15) is 16.9 Å². The van der Waals surface area contributed by atoms with Crippen molar-refractivity contribution in [2.75, 3.05) is 25.1 Å². The Morgan fingerprint density at radius 2 is 1.96 bits per heavy atom. The number of benzene rings is 1. The molecular weight excluding hydrogens is 346 g/mol. The van der Waals surface area contributed by atoms with Gasteiger partial charge < -0.3 is 19.5 Å². The molecule has 2 atom stereocenters. The molecular formula is C21H31NO5. The smallest absolute Gasteiger partial charge is 0.341 e. The third kappa shape index (κ3) is 5.22. The monoisotopic (exact) mass is 377 g/mol. The van der Waals surface area contributed by atoms with E-state index in [0.717, 1.165) is 12.8 Å². The lowest BCUT2D eigenvalue weighted by Crippen LogP contribution is -2.48. The molecule has 0 aromatic heterocycles. The zero-order chi connectivity index (χ0) is 19.9. The van der Waals surface area contributed by atoms with E-state index in [2.05, 4.69) is 12.2 Å². The third-order valence-electron chi connectivity index (χ3n) is 4.82. The molecule has 1 fully saturated rings. The number of carbonyl (C=O) groups excluding carboxylic acids is 2. The van der Waals surface area contributed by atoms with Gasteiger partial charge in [-0.25, -0.2) is 4.79 Å². The van der Waals surface area contributed by atoms with E-state index in [1.807, 2.05) is 13.8 Å². The molecule has 2 unspecified atom stereocenters. The molecule has 0 saturated heterocycles. The minimum absolute atomic E-state index is 0.158. The van der Waals surface area contributed by atoms with E-state index < -0.39 is 11.6 Å². The van der Waals surface area contributed by atoms with Crippen LogP contribution in [0, 0.1) is 5.92 Å². The fourth-order valence-corrected chi connectivity index (χ4v) is 3.68. The third-order valence-corrected chi connectivity index (χ3v) is 4.82. The predicted molar refractivity (Wildman–Crippen MR) is 104 cm³/mol. The topological polar surface area (TPSA) is 73.9 Å². The Balaban J connectivity index is 2.25. The number of carbonyl (C=O) groups is 2. The number of nitrogens with one attached hydrogen (secondary N) is 1. The van der Waals surface area contributed by atoms with Crippen LogP contribution in [-0.4, -0.2) is 37.3 Å². The van der Waals surface area contributed by atoms with Crippen molar-refractivity contribution in [1.82, 2.24) is 0 Å². The van der Waals surface area contributed by atoms with Gasteiger partial charge in [0.2, 0.25) is 0 Å². The van der Waals surface area contributed by atoms with Crippen LogP contribution in [-0.2, 0) is 14.3 Å². The first-order valence-corrected chi connectivity index (χ1v) is 9.85. The predicted octanol–water partition coefficient (Wildman–Crippen LogP) is 4.19. The standard InChI is InChI=1S/C21H31NO5/c1-5-25-18-11-10-16(13-17(18)19(23)26-6-2)22-20(24)21(27-7-3)12-8-9-15(4)14-21/h10-11,13,15H,5-9,12,14H2,1-4H3,(H,22,24). The first-order valence-electron chi connectivity index (χ1n) is 9.85. The average Bonchev–Trinajstić information content (AvgIpc) is 2.63. The van der Waals surface area contributed by atoms with E-state index in [1.165, 1.54) is 0 Å². The summed E-state index contributed by atoms with van der Waals surface area (Å²) >= 11 is 0. The van der Waals surface area contributed by atoms with Gasteiger partial charge in [-0.2, -0.15) is 0 Å². The van der Waals surface area contributed by atoms with E-state index in [4.69, 9.17) is 14.2 Å². The molecule has 1 amide bonds. The van der Waals surface area contributed by atoms with Gasteiger partial charge in [-0.1, -0.05) is 13.3 Å². The second-order valence-electron chi connectivity index (χ2n) is 6.95. The largest absolute Gasteiger partial charge is 0.493 e. The van der Waals surface area contributed by atoms with Crippen LogP contribution in [0.3, 0.4) is 0 Å². The normalized spacial score (nSPS) is 22.1. The number of ether oxygens (including phenoxy) is 3. The lowest BCUT2D eigenvalue weighted by molar-refractivity contribution is -0.147. The van der Waals surface area contributed by atoms with Crippen LogP contribution in [0.5, 0.6) is 5.75 Å². The highest BCUT2D eigenvalue weighted by molar-refractivity contribution is 5.99. The summed E-state index contributed by atoms with van der Waals surface area (Å²) in [7, 11) is 0. The molecule has 2 rings (SSSR count). The number of amides is 1. The summed E-state index contributed by atoms with van der Waals surface area (Å²) in [5, 5.41) is 2.94. The van der Waals surface area contributed by atoms with E-state index in [9.17, 15) is 9.59 Å². The van der Waals surface area contributed by atoms with Crippen LogP contribution in [0.25, 0.3) is 0 Å². The highest BCUT2D eigenvalue weighted by Gasteiger charge is 2.42. The number of hydrogen-bond acceptors (Lipinski definition) is 5. The highest BCUT2D eigenvalue weighted by Crippen LogP contribution is 2.36. The van der Waals surface area contributed by atoms with Gasteiger partial charge in [-0.05, 0) is 64.2 Å². The van der Waals surface area contributed by atoms with E-state index >= 15 is 0 Å². The number of anilines is 1. The zero-order valence-electron chi connectivity index (χ0n) is 16.8. The Morgan fingerprint density at radius 3 is 2.59 bits per heavy atom. The second kappa shape index (κ2) is 9.74. The summed E-state index contributed by atoms with van der Waals surface area (Å²) in [6.45, 7) is 8.84. The van der Waals surface area contributed by atoms with Crippen molar-refractivity contribution >= 4 is 17.6 Å². The Morgan fingerprint density at radius 1 is 1.19 bits per heavy atom. The SMILES string of the molecule is CCOC(=O)c1cc(NC(=O)C2(OCC)CCCC(C)C2)ccc1OCC. The molecule has 0 heterocycles. The molecule has 1 N–H and O–H groups in total. The molecule has 1 aromatic carbocycles. The highest BCUT2D eigenvalue weighted by atomic mass is 16.5. The van der Waals surface area contributed by atoms with Gasteiger partial charge in [0.15, 0.2) is 0 Å². The maximum absolute atomic E-state index is 13.1. The lowest BCUT2D eigenvalue weighted by Gasteiger charge is -2.38.